The van der Waals surface area contributed by atoms with Crippen molar-refractivity contribution in [2.45, 2.75) is 13.0 Å². The maximum absolute atomic E-state index is 9.39. The molecule has 0 bridgehead atoms. The van der Waals surface area contributed by atoms with Gasteiger partial charge in [-0.1, -0.05) is 28.1 Å². The van der Waals surface area contributed by atoms with E-state index in [1.165, 1.54) is 0 Å². The van der Waals surface area contributed by atoms with Gasteiger partial charge < -0.3 is 10.0 Å². The lowest BCUT2D eigenvalue weighted by Crippen LogP contribution is -2.22. The Kier molecular flexibility index (Phi) is 4.93. The summed E-state index contributed by atoms with van der Waals surface area (Å²) in [4.78, 5) is 6.46. The monoisotopic (exact) mass is 320 g/mol. The summed E-state index contributed by atoms with van der Waals surface area (Å²) >= 11 is 3.47. The Bertz CT molecular complexity index is 531. The lowest BCUT2D eigenvalue weighted by molar-refractivity contribution is 0.282. The molecule has 0 aliphatic heterocycles. The Hall–Kier alpha value is -1.39. The van der Waals surface area contributed by atoms with Crippen molar-refractivity contribution in [2.75, 3.05) is 18.5 Å². The van der Waals surface area contributed by atoms with Crippen molar-refractivity contribution in [2.24, 2.45) is 0 Å². The molecule has 1 aromatic carbocycles. The van der Waals surface area contributed by atoms with E-state index in [1.807, 2.05) is 49.6 Å². The molecule has 2 aromatic rings. The van der Waals surface area contributed by atoms with Gasteiger partial charge in [0, 0.05) is 47.6 Å². The van der Waals surface area contributed by atoms with Crippen LogP contribution in [0.4, 0.5) is 5.69 Å². The normalized spacial score (nSPS) is 10.5. The predicted octanol–water partition coefficient (Wildman–Crippen LogP) is 3.02. The van der Waals surface area contributed by atoms with Gasteiger partial charge in [0.2, 0.25) is 0 Å². The molecule has 0 unspecified atom stereocenters. The molecule has 0 radical (unpaired) electrons. The minimum absolute atomic E-state index is 0.0521. The molecule has 0 aliphatic rings. The average molecular weight is 321 g/mol. The van der Waals surface area contributed by atoms with E-state index in [0.29, 0.717) is 0 Å². The molecule has 1 heterocycles. The number of aliphatic hydroxyl groups is 1. The number of rotatable bonds is 5. The van der Waals surface area contributed by atoms with Crippen LogP contribution in [0.1, 0.15) is 11.3 Å². The molecule has 0 saturated heterocycles. The highest BCUT2D eigenvalue weighted by Crippen LogP contribution is 2.24. The zero-order chi connectivity index (χ0) is 13.7. The molecule has 0 fully saturated rings. The Labute approximate surface area is 122 Å². The summed E-state index contributed by atoms with van der Waals surface area (Å²) in [5.74, 6) is 0. The molecule has 19 heavy (non-hydrogen) atoms. The summed E-state index contributed by atoms with van der Waals surface area (Å²) < 4.78 is 1.02. The van der Waals surface area contributed by atoms with E-state index < -0.39 is 0 Å². The quantitative estimate of drug-likeness (QED) is 0.920. The summed E-state index contributed by atoms with van der Waals surface area (Å²) in [7, 11) is 2.03. The van der Waals surface area contributed by atoms with Gasteiger partial charge in [-0.3, -0.25) is 4.98 Å². The van der Waals surface area contributed by atoms with Gasteiger partial charge in [-0.15, -0.1) is 0 Å². The second-order valence-corrected chi connectivity index (χ2v) is 5.34. The van der Waals surface area contributed by atoms with E-state index in [9.17, 15) is 5.11 Å². The number of aliphatic hydroxyl groups excluding tert-OH is 1. The van der Waals surface area contributed by atoms with Crippen molar-refractivity contribution >= 4 is 21.6 Å². The second-order valence-electron chi connectivity index (χ2n) is 4.42. The molecule has 0 saturated carbocycles. The Balaban J connectivity index is 2.07. The van der Waals surface area contributed by atoms with E-state index in [0.717, 1.165) is 34.4 Å². The van der Waals surface area contributed by atoms with Crippen molar-refractivity contribution in [1.29, 1.82) is 0 Å². The number of benzene rings is 1. The molecule has 1 aromatic heterocycles. The molecular formula is C15H17BrN2O. The fraction of sp³-hybridized carbons (Fsp3) is 0.267. The number of anilines is 1. The van der Waals surface area contributed by atoms with Crippen LogP contribution >= 0.6 is 15.9 Å². The first-order valence-electron chi connectivity index (χ1n) is 6.21. The zero-order valence-corrected chi connectivity index (χ0v) is 12.5. The van der Waals surface area contributed by atoms with E-state index in [2.05, 4.69) is 25.8 Å². The zero-order valence-electron chi connectivity index (χ0n) is 10.9. The van der Waals surface area contributed by atoms with Crippen LogP contribution in [0.3, 0.4) is 0 Å². The molecule has 0 aliphatic carbocycles. The van der Waals surface area contributed by atoms with Crippen LogP contribution in [0.25, 0.3) is 0 Å². The fourth-order valence-corrected chi connectivity index (χ4v) is 2.32. The number of halogens is 1. The van der Waals surface area contributed by atoms with Gasteiger partial charge in [-0.2, -0.15) is 0 Å². The smallest absolute Gasteiger partial charge is 0.0702 e. The summed E-state index contributed by atoms with van der Waals surface area (Å²) in [6, 6.07) is 11.9. The third kappa shape index (κ3) is 3.78. The fourth-order valence-electron chi connectivity index (χ4n) is 1.97. The van der Waals surface area contributed by atoms with Crippen LogP contribution in [0.5, 0.6) is 0 Å². The number of nitrogens with zero attached hydrogens (tertiary/aromatic N) is 2. The second kappa shape index (κ2) is 6.68. The van der Waals surface area contributed by atoms with Crippen LogP contribution in [0.2, 0.25) is 0 Å². The molecule has 100 valence electrons. The van der Waals surface area contributed by atoms with Gasteiger partial charge in [-0.05, 0) is 24.3 Å². The minimum Gasteiger partial charge on any atom is -0.392 e. The number of hydrogen-bond donors (Lipinski definition) is 1. The number of pyridine rings is 1. The first-order chi connectivity index (χ1) is 9.20. The highest BCUT2D eigenvalue weighted by molar-refractivity contribution is 9.10. The molecule has 4 heteroatoms. The largest absolute Gasteiger partial charge is 0.392 e. The van der Waals surface area contributed by atoms with Gasteiger partial charge in [0.25, 0.3) is 0 Å². The van der Waals surface area contributed by atoms with Gasteiger partial charge in [0.1, 0.15) is 0 Å². The van der Waals surface area contributed by atoms with Crippen molar-refractivity contribution < 1.29 is 5.11 Å². The molecule has 0 atom stereocenters. The van der Waals surface area contributed by atoms with Crippen LogP contribution in [-0.2, 0) is 13.0 Å². The van der Waals surface area contributed by atoms with Gasteiger partial charge in [0.05, 0.1) is 6.61 Å². The molecule has 2 rings (SSSR count). The number of aromatic nitrogens is 1. The summed E-state index contributed by atoms with van der Waals surface area (Å²) in [6.45, 7) is 0.914. The first-order valence-corrected chi connectivity index (χ1v) is 7.00. The third-order valence-corrected chi connectivity index (χ3v) is 3.55. The van der Waals surface area contributed by atoms with E-state index >= 15 is 0 Å². The average Bonchev–Trinajstić information content (AvgIpc) is 2.46. The lowest BCUT2D eigenvalue weighted by Gasteiger charge is -2.22. The van der Waals surface area contributed by atoms with Crippen molar-refractivity contribution in [3.05, 3.63) is 58.3 Å². The summed E-state index contributed by atoms with van der Waals surface area (Å²) in [5.41, 5.74) is 3.06. The highest BCUT2D eigenvalue weighted by atomic mass is 79.9. The number of likely N-dealkylation sites (N-methyl/N-ethyl adjacent to an activating group) is 1. The third-order valence-electron chi connectivity index (χ3n) is 3.06. The summed E-state index contributed by atoms with van der Waals surface area (Å²) in [5, 5.41) is 9.39. The van der Waals surface area contributed by atoms with Crippen molar-refractivity contribution in [1.82, 2.24) is 4.98 Å². The molecule has 0 spiro atoms. The Morgan fingerprint density at radius 3 is 2.79 bits per heavy atom. The van der Waals surface area contributed by atoms with Crippen LogP contribution in [0, 0.1) is 0 Å². The Morgan fingerprint density at radius 1 is 1.26 bits per heavy atom. The van der Waals surface area contributed by atoms with Crippen molar-refractivity contribution in [3.8, 4) is 0 Å². The Morgan fingerprint density at radius 2 is 2.11 bits per heavy atom. The maximum Gasteiger partial charge on any atom is 0.0702 e. The SMILES string of the molecule is CN(CCc1ccccn1)c1cc(Br)ccc1CO. The highest BCUT2D eigenvalue weighted by Gasteiger charge is 2.08. The van der Waals surface area contributed by atoms with Crippen molar-refractivity contribution in [3.63, 3.8) is 0 Å². The molecule has 0 amide bonds. The van der Waals surface area contributed by atoms with E-state index in [4.69, 9.17) is 0 Å². The van der Waals surface area contributed by atoms with Crippen LogP contribution in [-0.4, -0.2) is 23.7 Å². The first kappa shape index (κ1) is 14.0. The maximum atomic E-state index is 9.39. The number of hydrogen-bond acceptors (Lipinski definition) is 3. The standard InChI is InChI=1S/C15H17BrN2O/c1-18(9-7-14-4-2-3-8-17-14)15-10-13(16)6-5-12(15)11-19/h2-6,8,10,19H,7,9,11H2,1H3. The van der Waals surface area contributed by atoms with Gasteiger partial charge in [-0.25, -0.2) is 0 Å². The van der Waals surface area contributed by atoms with Crippen LogP contribution in [0.15, 0.2) is 47.1 Å². The lowest BCUT2D eigenvalue weighted by atomic mass is 10.1. The molecular weight excluding hydrogens is 304 g/mol. The minimum atomic E-state index is 0.0521. The van der Waals surface area contributed by atoms with E-state index in [1.54, 1.807) is 0 Å². The van der Waals surface area contributed by atoms with E-state index in [-0.39, 0.29) is 6.61 Å². The van der Waals surface area contributed by atoms with Gasteiger partial charge >= 0.3 is 0 Å². The summed E-state index contributed by atoms with van der Waals surface area (Å²) in [6.07, 6.45) is 2.70. The molecule has 1 N–H and O–H groups in total. The van der Waals surface area contributed by atoms with Gasteiger partial charge in [0.15, 0.2) is 0 Å². The van der Waals surface area contributed by atoms with Crippen LogP contribution < -0.4 is 4.90 Å². The molecule has 3 nitrogen and oxygen atoms in total. The topological polar surface area (TPSA) is 36.4 Å². The predicted molar refractivity (Wildman–Crippen MR) is 81.3 cm³/mol.